The van der Waals surface area contributed by atoms with Gasteiger partial charge >= 0.3 is 0 Å². The highest BCUT2D eigenvalue weighted by atomic mass is 32.2. The number of sulfonamides is 1. The van der Waals surface area contributed by atoms with Crippen LogP contribution >= 0.6 is 0 Å². The summed E-state index contributed by atoms with van der Waals surface area (Å²) in [4.78, 5) is 0. The molecule has 0 radical (unpaired) electrons. The third-order valence-corrected chi connectivity index (χ3v) is 5.06. The summed E-state index contributed by atoms with van der Waals surface area (Å²) in [5, 5.41) is 3.50. The van der Waals surface area contributed by atoms with Crippen LogP contribution in [-0.2, 0) is 16.6 Å². The first-order valence-corrected chi connectivity index (χ1v) is 9.24. The first kappa shape index (κ1) is 16.3. The molecule has 1 heterocycles. The molecule has 1 saturated heterocycles. The van der Waals surface area contributed by atoms with E-state index in [2.05, 4.69) is 17.4 Å². The molecule has 0 bridgehead atoms. The zero-order valence-electron chi connectivity index (χ0n) is 12.7. The lowest BCUT2D eigenvalue weighted by Crippen LogP contribution is -2.44. The maximum atomic E-state index is 11.5. The number of nitrogens with one attached hydrogen (secondary N) is 1. The molecule has 0 aromatic heterocycles. The number of piperidine rings is 1. The van der Waals surface area contributed by atoms with E-state index in [9.17, 15) is 8.42 Å². The van der Waals surface area contributed by atoms with E-state index in [0.29, 0.717) is 25.7 Å². The van der Waals surface area contributed by atoms with Crippen molar-refractivity contribution in [3.63, 3.8) is 0 Å². The van der Waals surface area contributed by atoms with Gasteiger partial charge in [-0.1, -0.05) is 12.1 Å². The summed E-state index contributed by atoms with van der Waals surface area (Å²) in [5.41, 5.74) is 1.21. The molecule has 1 N–H and O–H groups in total. The van der Waals surface area contributed by atoms with Crippen LogP contribution in [0.3, 0.4) is 0 Å². The van der Waals surface area contributed by atoms with Gasteiger partial charge in [0.1, 0.15) is 5.75 Å². The summed E-state index contributed by atoms with van der Waals surface area (Å²) in [6.45, 7) is 4.67. The van der Waals surface area contributed by atoms with E-state index in [0.717, 1.165) is 25.1 Å². The standard InChI is InChI=1S/C15H24N2O3S/c1-3-20-15-6-4-13(5-7-15)12-16-14-8-10-17(11-9-14)21(2,18)19/h4-7,14,16H,3,8-12H2,1-2H3. The molecule has 1 aliphatic rings. The van der Waals surface area contributed by atoms with Crippen molar-refractivity contribution in [1.29, 1.82) is 0 Å². The van der Waals surface area contributed by atoms with Crippen LogP contribution < -0.4 is 10.1 Å². The molecule has 0 spiro atoms. The van der Waals surface area contributed by atoms with Gasteiger partial charge in [-0.25, -0.2) is 12.7 Å². The van der Waals surface area contributed by atoms with Crippen molar-refractivity contribution in [2.45, 2.75) is 32.4 Å². The number of hydrogen-bond acceptors (Lipinski definition) is 4. The van der Waals surface area contributed by atoms with Gasteiger partial charge in [0.2, 0.25) is 10.0 Å². The fraction of sp³-hybridized carbons (Fsp3) is 0.600. The minimum Gasteiger partial charge on any atom is -0.494 e. The minimum atomic E-state index is -3.04. The molecule has 6 heteroatoms. The van der Waals surface area contributed by atoms with E-state index in [1.165, 1.54) is 11.8 Å². The van der Waals surface area contributed by atoms with Crippen LogP contribution in [0.25, 0.3) is 0 Å². The number of ether oxygens (including phenoxy) is 1. The Balaban J connectivity index is 1.77. The molecule has 0 amide bonds. The molecule has 2 rings (SSSR count). The van der Waals surface area contributed by atoms with Crippen LogP contribution in [0.5, 0.6) is 5.75 Å². The second kappa shape index (κ2) is 7.24. The van der Waals surface area contributed by atoms with Gasteiger partial charge in [0.05, 0.1) is 12.9 Å². The van der Waals surface area contributed by atoms with Gasteiger partial charge in [0.15, 0.2) is 0 Å². The minimum absolute atomic E-state index is 0.384. The molecule has 118 valence electrons. The third-order valence-electron chi connectivity index (χ3n) is 3.75. The van der Waals surface area contributed by atoms with Gasteiger partial charge < -0.3 is 10.1 Å². The van der Waals surface area contributed by atoms with E-state index in [-0.39, 0.29) is 0 Å². The third kappa shape index (κ3) is 4.98. The van der Waals surface area contributed by atoms with Gasteiger partial charge in [0, 0.05) is 25.7 Å². The Labute approximate surface area is 127 Å². The normalized spacial score (nSPS) is 17.8. The highest BCUT2D eigenvalue weighted by Gasteiger charge is 2.24. The molecule has 1 aromatic rings. The number of nitrogens with zero attached hydrogens (tertiary/aromatic N) is 1. The first-order chi connectivity index (χ1) is 9.99. The second-order valence-electron chi connectivity index (χ2n) is 5.39. The van der Waals surface area contributed by atoms with Gasteiger partial charge in [-0.15, -0.1) is 0 Å². The zero-order chi connectivity index (χ0) is 15.3. The number of benzene rings is 1. The van der Waals surface area contributed by atoms with Crippen molar-refractivity contribution < 1.29 is 13.2 Å². The monoisotopic (exact) mass is 312 g/mol. The van der Waals surface area contributed by atoms with Gasteiger partial charge in [0.25, 0.3) is 0 Å². The summed E-state index contributed by atoms with van der Waals surface area (Å²) < 4.78 is 29.9. The number of hydrogen-bond donors (Lipinski definition) is 1. The van der Waals surface area contributed by atoms with Crippen LogP contribution in [0, 0.1) is 0 Å². The van der Waals surface area contributed by atoms with E-state index in [1.807, 2.05) is 19.1 Å². The Morgan fingerprint density at radius 1 is 1.24 bits per heavy atom. The van der Waals surface area contributed by atoms with Crippen LogP contribution in [0.4, 0.5) is 0 Å². The summed E-state index contributed by atoms with van der Waals surface area (Å²) in [5.74, 6) is 0.891. The molecule has 0 aliphatic carbocycles. The fourth-order valence-electron chi connectivity index (χ4n) is 2.52. The van der Waals surface area contributed by atoms with Crippen molar-refractivity contribution >= 4 is 10.0 Å². The average molecular weight is 312 g/mol. The topological polar surface area (TPSA) is 58.6 Å². The molecule has 1 fully saturated rings. The maximum absolute atomic E-state index is 11.5. The summed E-state index contributed by atoms with van der Waals surface area (Å²) >= 11 is 0. The quantitative estimate of drug-likeness (QED) is 0.867. The predicted octanol–water partition coefficient (Wildman–Crippen LogP) is 1.60. The molecule has 5 nitrogen and oxygen atoms in total. The van der Waals surface area contributed by atoms with Crippen LogP contribution in [0.2, 0.25) is 0 Å². The van der Waals surface area contributed by atoms with E-state index >= 15 is 0 Å². The molecular weight excluding hydrogens is 288 g/mol. The number of rotatable bonds is 6. The lowest BCUT2D eigenvalue weighted by molar-refractivity contribution is 0.290. The first-order valence-electron chi connectivity index (χ1n) is 7.39. The largest absolute Gasteiger partial charge is 0.494 e. The Morgan fingerprint density at radius 3 is 2.38 bits per heavy atom. The Kier molecular flexibility index (Phi) is 5.61. The molecule has 1 aliphatic heterocycles. The van der Waals surface area contributed by atoms with Gasteiger partial charge in [-0.05, 0) is 37.5 Å². The van der Waals surface area contributed by atoms with Gasteiger partial charge in [-0.2, -0.15) is 0 Å². The second-order valence-corrected chi connectivity index (χ2v) is 7.38. The SMILES string of the molecule is CCOc1ccc(CNC2CCN(S(C)(=O)=O)CC2)cc1. The van der Waals surface area contributed by atoms with Crippen LogP contribution in [0.15, 0.2) is 24.3 Å². The molecule has 1 aromatic carbocycles. The molecular formula is C15H24N2O3S. The highest BCUT2D eigenvalue weighted by Crippen LogP contribution is 2.15. The predicted molar refractivity (Wildman–Crippen MR) is 83.9 cm³/mol. The Morgan fingerprint density at radius 2 is 1.86 bits per heavy atom. The van der Waals surface area contributed by atoms with Crippen molar-refractivity contribution in [3.05, 3.63) is 29.8 Å². The van der Waals surface area contributed by atoms with E-state index in [1.54, 1.807) is 4.31 Å². The van der Waals surface area contributed by atoms with E-state index < -0.39 is 10.0 Å². The smallest absolute Gasteiger partial charge is 0.211 e. The van der Waals surface area contributed by atoms with Crippen molar-refractivity contribution in [1.82, 2.24) is 9.62 Å². The Hall–Kier alpha value is -1.11. The molecule has 0 unspecified atom stereocenters. The van der Waals surface area contributed by atoms with Crippen molar-refractivity contribution in [3.8, 4) is 5.75 Å². The van der Waals surface area contributed by atoms with E-state index in [4.69, 9.17) is 4.74 Å². The average Bonchev–Trinajstić information content (AvgIpc) is 2.46. The van der Waals surface area contributed by atoms with Crippen LogP contribution in [0.1, 0.15) is 25.3 Å². The maximum Gasteiger partial charge on any atom is 0.211 e. The molecule has 21 heavy (non-hydrogen) atoms. The zero-order valence-corrected chi connectivity index (χ0v) is 13.5. The van der Waals surface area contributed by atoms with Crippen LogP contribution in [-0.4, -0.2) is 44.7 Å². The fourth-order valence-corrected chi connectivity index (χ4v) is 3.40. The summed E-state index contributed by atoms with van der Waals surface area (Å²) in [6.07, 6.45) is 3.01. The molecule has 0 atom stereocenters. The van der Waals surface area contributed by atoms with Crippen molar-refractivity contribution in [2.75, 3.05) is 26.0 Å². The lowest BCUT2D eigenvalue weighted by atomic mass is 10.1. The summed E-state index contributed by atoms with van der Waals surface area (Å²) in [6, 6.07) is 8.46. The highest BCUT2D eigenvalue weighted by molar-refractivity contribution is 7.88. The van der Waals surface area contributed by atoms with Gasteiger partial charge in [-0.3, -0.25) is 0 Å². The summed E-state index contributed by atoms with van der Waals surface area (Å²) in [7, 11) is -3.04. The van der Waals surface area contributed by atoms with Crippen molar-refractivity contribution in [2.24, 2.45) is 0 Å². The lowest BCUT2D eigenvalue weighted by Gasteiger charge is -2.30. The Bertz CT molecular complexity index is 535. The molecule has 0 saturated carbocycles.